The van der Waals surface area contributed by atoms with Crippen LogP contribution in [0, 0.1) is 22.7 Å². The van der Waals surface area contributed by atoms with E-state index in [4.69, 9.17) is 9.47 Å². The average molecular weight is 364 g/mol. The van der Waals surface area contributed by atoms with Crippen LogP contribution in [0.25, 0.3) is 0 Å². The SMILES string of the molecule is COC1(C)C(C(=O)OC(C#N)c2cccc(Nc3ccccc3)c2)C1(C)C. The summed E-state index contributed by atoms with van der Waals surface area (Å²) in [5, 5.41) is 12.8. The van der Waals surface area contributed by atoms with Crippen molar-refractivity contribution in [3.8, 4) is 6.07 Å². The first-order valence-corrected chi connectivity index (χ1v) is 8.91. The van der Waals surface area contributed by atoms with Gasteiger partial charge >= 0.3 is 5.97 Å². The molecule has 3 rings (SSSR count). The van der Waals surface area contributed by atoms with E-state index in [9.17, 15) is 10.1 Å². The van der Waals surface area contributed by atoms with Crippen LogP contribution in [0.5, 0.6) is 0 Å². The lowest BCUT2D eigenvalue weighted by atomic mass is 10.1. The van der Waals surface area contributed by atoms with Crippen LogP contribution in [0.15, 0.2) is 54.6 Å². The molecule has 3 unspecified atom stereocenters. The van der Waals surface area contributed by atoms with Crippen molar-refractivity contribution >= 4 is 17.3 Å². The minimum atomic E-state index is -0.965. The maximum Gasteiger partial charge on any atom is 0.314 e. The molecule has 27 heavy (non-hydrogen) atoms. The number of para-hydroxylation sites is 1. The Hall–Kier alpha value is -2.84. The first kappa shape index (κ1) is 18.9. The van der Waals surface area contributed by atoms with Crippen molar-refractivity contribution in [1.29, 1.82) is 5.26 Å². The Morgan fingerprint density at radius 1 is 1.11 bits per heavy atom. The second-order valence-electron chi connectivity index (χ2n) is 7.53. The molecule has 0 saturated heterocycles. The predicted octanol–water partition coefficient (Wildman–Crippen LogP) is 4.60. The van der Waals surface area contributed by atoms with E-state index in [0.717, 1.165) is 11.4 Å². The zero-order valence-electron chi connectivity index (χ0n) is 16.0. The summed E-state index contributed by atoms with van der Waals surface area (Å²) in [6.45, 7) is 5.83. The van der Waals surface area contributed by atoms with Gasteiger partial charge in [-0.3, -0.25) is 4.79 Å². The Labute approximate surface area is 159 Å². The Morgan fingerprint density at radius 3 is 2.37 bits per heavy atom. The number of carbonyl (C=O) groups excluding carboxylic acids is 1. The molecule has 2 aromatic rings. The zero-order chi connectivity index (χ0) is 19.7. The largest absolute Gasteiger partial charge is 0.442 e. The van der Waals surface area contributed by atoms with Gasteiger partial charge in [-0.2, -0.15) is 5.26 Å². The Balaban J connectivity index is 1.74. The summed E-state index contributed by atoms with van der Waals surface area (Å²) < 4.78 is 11.1. The molecule has 5 nitrogen and oxygen atoms in total. The molecule has 1 fully saturated rings. The van der Waals surface area contributed by atoms with E-state index >= 15 is 0 Å². The van der Waals surface area contributed by atoms with E-state index in [2.05, 4.69) is 11.4 Å². The molecule has 1 aliphatic rings. The lowest BCUT2D eigenvalue weighted by Gasteiger charge is -2.14. The Bertz CT molecular complexity index is 873. The molecule has 0 aliphatic heterocycles. The van der Waals surface area contributed by atoms with Crippen LogP contribution < -0.4 is 5.32 Å². The fourth-order valence-corrected chi connectivity index (χ4v) is 3.66. The second-order valence-corrected chi connectivity index (χ2v) is 7.53. The third kappa shape index (κ3) is 3.41. The molecule has 1 N–H and O–H groups in total. The molecule has 0 radical (unpaired) electrons. The Kier molecular flexibility index (Phi) is 4.95. The quantitative estimate of drug-likeness (QED) is 0.759. The van der Waals surface area contributed by atoms with Crippen molar-refractivity contribution in [3.63, 3.8) is 0 Å². The van der Waals surface area contributed by atoms with Gasteiger partial charge in [-0.05, 0) is 31.2 Å². The number of hydrogen-bond acceptors (Lipinski definition) is 5. The summed E-state index contributed by atoms with van der Waals surface area (Å²) in [6, 6.07) is 19.2. The van der Waals surface area contributed by atoms with Gasteiger partial charge in [-0.25, -0.2) is 0 Å². The average Bonchev–Trinajstić information content (AvgIpc) is 3.13. The minimum absolute atomic E-state index is 0.324. The summed E-state index contributed by atoms with van der Waals surface area (Å²) in [6.07, 6.45) is -0.965. The van der Waals surface area contributed by atoms with Crippen LogP contribution in [0.1, 0.15) is 32.4 Å². The monoisotopic (exact) mass is 364 g/mol. The summed E-state index contributed by atoms with van der Waals surface area (Å²) in [5.41, 5.74) is 1.50. The van der Waals surface area contributed by atoms with Crippen molar-refractivity contribution in [2.75, 3.05) is 12.4 Å². The van der Waals surface area contributed by atoms with Crippen molar-refractivity contribution < 1.29 is 14.3 Å². The van der Waals surface area contributed by atoms with Gasteiger partial charge in [-0.15, -0.1) is 0 Å². The van der Waals surface area contributed by atoms with Gasteiger partial charge in [0.2, 0.25) is 6.10 Å². The summed E-state index contributed by atoms with van der Waals surface area (Å²) in [4.78, 5) is 12.6. The molecule has 140 valence electrons. The number of esters is 1. The van der Waals surface area contributed by atoms with E-state index in [1.165, 1.54) is 0 Å². The van der Waals surface area contributed by atoms with E-state index < -0.39 is 23.6 Å². The highest BCUT2D eigenvalue weighted by Gasteiger charge is 2.73. The number of hydrogen-bond donors (Lipinski definition) is 1. The molecule has 0 spiro atoms. The number of carbonyl (C=O) groups is 1. The highest BCUT2D eigenvalue weighted by atomic mass is 16.6. The number of nitrogens with zero attached hydrogens (tertiary/aromatic N) is 1. The first-order chi connectivity index (χ1) is 12.8. The van der Waals surface area contributed by atoms with Crippen LogP contribution in [-0.4, -0.2) is 18.7 Å². The lowest BCUT2D eigenvalue weighted by Crippen LogP contribution is -2.19. The molecule has 1 aliphatic carbocycles. The number of methoxy groups -OCH3 is 1. The molecule has 0 bridgehead atoms. The van der Waals surface area contributed by atoms with Crippen molar-refractivity contribution in [2.45, 2.75) is 32.5 Å². The molecule has 5 heteroatoms. The fourth-order valence-electron chi connectivity index (χ4n) is 3.66. The Morgan fingerprint density at radius 2 is 1.78 bits per heavy atom. The number of anilines is 2. The van der Waals surface area contributed by atoms with Gasteiger partial charge in [0.05, 0.1) is 11.5 Å². The van der Waals surface area contributed by atoms with Gasteiger partial charge in [-0.1, -0.05) is 44.2 Å². The zero-order valence-corrected chi connectivity index (χ0v) is 16.0. The smallest absolute Gasteiger partial charge is 0.314 e. The molecule has 0 amide bonds. The van der Waals surface area contributed by atoms with Crippen molar-refractivity contribution in [3.05, 3.63) is 60.2 Å². The van der Waals surface area contributed by atoms with E-state index in [0.29, 0.717) is 5.56 Å². The van der Waals surface area contributed by atoms with Crippen LogP contribution >= 0.6 is 0 Å². The molecule has 2 aromatic carbocycles. The van der Waals surface area contributed by atoms with E-state index in [1.54, 1.807) is 13.2 Å². The van der Waals surface area contributed by atoms with Crippen LogP contribution in [0.2, 0.25) is 0 Å². The van der Waals surface area contributed by atoms with Crippen LogP contribution in [0.3, 0.4) is 0 Å². The fraction of sp³-hybridized carbons (Fsp3) is 0.364. The standard InChI is InChI=1S/C22H24N2O3/c1-21(2)19(22(21,3)26-4)20(25)27-18(14-23)15-9-8-12-17(13-15)24-16-10-6-5-7-11-16/h5-13,18-19,24H,1-4H3. The molecule has 1 saturated carbocycles. The topological polar surface area (TPSA) is 71.3 Å². The highest BCUT2D eigenvalue weighted by molar-refractivity contribution is 5.80. The maximum atomic E-state index is 12.6. The van der Waals surface area contributed by atoms with E-state index in [-0.39, 0.29) is 5.41 Å². The van der Waals surface area contributed by atoms with Crippen molar-refractivity contribution in [1.82, 2.24) is 0 Å². The normalized spacial score (nSPS) is 23.7. The van der Waals surface area contributed by atoms with Crippen LogP contribution in [0.4, 0.5) is 11.4 Å². The second kappa shape index (κ2) is 7.05. The lowest BCUT2D eigenvalue weighted by molar-refractivity contribution is -0.150. The summed E-state index contributed by atoms with van der Waals surface area (Å²) in [7, 11) is 1.59. The van der Waals surface area contributed by atoms with Gasteiger partial charge in [0.25, 0.3) is 0 Å². The highest BCUT2D eigenvalue weighted by Crippen LogP contribution is 2.64. The number of ether oxygens (including phenoxy) is 2. The molecule has 0 aromatic heterocycles. The molecule has 3 atom stereocenters. The number of nitrogens with one attached hydrogen (secondary N) is 1. The van der Waals surface area contributed by atoms with Crippen molar-refractivity contribution in [2.24, 2.45) is 11.3 Å². The van der Waals surface area contributed by atoms with Gasteiger partial charge < -0.3 is 14.8 Å². The number of benzene rings is 2. The molecular weight excluding hydrogens is 340 g/mol. The van der Waals surface area contributed by atoms with Gasteiger partial charge in [0.15, 0.2) is 0 Å². The third-order valence-electron chi connectivity index (χ3n) is 5.73. The molecule has 0 heterocycles. The van der Waals surface area contributed by atoms with E-state index in [1.807, 2.05) is 69.3 Å². The predicted molar refractivity (Wildman–Crippen MR) is 103 cm³/mol. The third-order valence-corrected chi connectivity index (χ3v) is 5.73. The van der Waals surface area contributed by atoms with Gasteiger partial charge in [0, 0.05) is 29.5 Å². The van der Waals surface area contributed by atoms with Crippen LogP contribution in [-0.2, 0) is 14.3 Å². The minimum Gasteiger partial charge on any atom is -0.442 e. The number of nitriles is 1. The molecular formula is C22H24N2O3. The van der Waals surface area contributed by atoms with Gasteiger partial charge in [0.1, 0.15) is 6.07 Å². The number of rotatable bonds is 6. The first-order valence-electron chi connectivity index (χ1n) is 8.91. The maximum absolute atomic E-state index is 12.6. The summed E-state index contributed by atoms with van der Waals surface area (Å²) in [5.74, 6) is -0.797. The summed E-state index contributed by atoms with van der Waals surface area (Å²) >= 11 is 0.